The Morgan fingerprint density at radius 3 is 1.58 bits per heavy atom. The molecule has 0 aliphatic heterocycles. The van der Waals surface area contributed by atoms with Crippen molar-refractivity contribution < 1.29 is 9.59 Å². The van der Waals surface area contributed by atoms with E-state index in [0.717, 1.165) is 29.6 Å². The van der Waals surface area contributed by atoms with E-state index < -0.39 is 11.3 Å². The van der Waals surface area contributed by atoms with Crippen LogP contribution < -0.4 is 0 Å². The first kappa shape index (κ1) is 16.9. The van der Waals surface area contributed by atoms with Gasteiger partial charge in [0.05, 0.1) is 5.41 Å². The van der Waals surface area contributed by atoms with E-state index in [4.69, 9.17) is 0 Å². The average molecular weight is 322 g/mol. The zero-order valence-electron chi connectivity index (χ0n) is 15.1. The predicted molar refractivity (Wildman–Crippen MR) is 96.8 cm³/mol. The highest BCUT2D eigenvalue weighted by molar-refractivity contribution is 6.23. The van der Waals surface area contributed by atoms with E-state index in [9.17, 15) is 9.59 Å². The summed E-state index contributed by atoms with van der Waals surface area (Å²) in [5, 5.41) is 0. The number of allylic oxidation sites excluding steroid dienone is 4. The van der Waals surface area contributed by atoms with Crippen LogP contribution in [0, 0.1) is 5.92 Å². The second kappa shape index (κ2) is 6.16. The summed E-state index contributed by atoms with van der Waals surface area (Å²) in [6.45, 7) is 8.30. The maximum absolute atomic E-state index is 13.2. The largest absolute Gasteiger partial charge is 0.294 e. The maximum Gasteiger partial charge on any atom is 0.171 e. The molecular weight excluding hydrogens is 296 g/mol. The van der Waals surface area contributed by atoms with Gasteiger partial charge in [-0.2, -0.15) is 0 Å². The minimum atomic E-state index is -0.560. The molecule has 0 atom stereocenters. The van der Waals surface area contributed by atoms with Crippen molar-refractivity contribution in [3.05, 3.63) is 58.2 Å². The monoisotopic (exact) mass is 322 g/mol. The number of Topliss-reactive ketones (excluding diaryl/α,β-unsaturated/α-hetero) is 2. The van der Waals surface area contributed by atoms with E-state index in [1.54, 1.807) is 0 Å². The van der Waals surface area contributed by atoms with Gasteiger partial charge < -0.3 is 0 Å². The lowest BCUT2D eigenvalue weighted by molar-refractivity contribution is -0.128. The molecule has 1 aromatic rings. The van der Waals surface area contributed by atoms with Gasteiger partial charge in [-0.1, -0.05) is 58.0 Å². The van der Waals surface area contributed by atoms with Crippen LogP contribution in [0.25, 0.3) is 0 Å². The Balaban J connectivity index is 2.43. The lowest BCUT2D eigenvalue weighted by Gasteiger charge is -2.35. The molecule has 0 unspecified atom stereocenters. The molecule has 24 heavy (non-hydrogen) atoms. The van der Waals surface area contributed by atoms with Gasteiger partial charge >= 0.3 is 0 Å². The molecule has 126 valence electrons. The van der Waals surface area contributed by atoms with Gasteiger partial charge in [0.15, 0.2) is 11.6 Å². The Morgan fingerprint density at radius 2 is 1.21 bits per heavy atom. The van der Waals surface area contributed by atoms with Crippen LogP contribution in [0.4, 0.5) is 0 Å². The summed E-state index contributed by atoms with van der Waals surface area (Å²) in [4.78, 5) is 26.4. The highest BCUT2D eigenvalue weighted by Gasteiger charge is 2.62. The summed E-state index contributed by atoms with van der Waals surface area (Å²) in [5.41, 5.74) is 4.73. The van der Waals surface area contributed by atoms with Gasteiger partial charge in [0.25, 0.3) is 0 Å². The number of carbonyl (C=O) groups is 2. The van der Waals surface area contributed by atoms with Crippen molar-refractivity contribution in [1.29, 1.82) is 0 Å². The van der Waals surface area contributed by atoms with Crippen LogP contribution >= 0.6 is 0 Å². The van der Waals surface area contributed by atoms with Crippen molar-refractivity contribution in [1.82, 2.24) is 0 Å². The number of hydrogen-bond acceptors (Lipinski definition) is 2. The molecule has 2 nitrogen and oxygen atoms in total. The molecule has 0 heterocycles. The van der Waals surface area contributed by atoms with E-state index in [1.165, 1.54) is 11.1 Å². The van der Waals surface area contributed by atoms with E-state index in [1.807, 2.05) is 32.0 Å². The second-order valence-corrected chi connectivity index (χ2v) is 6.66. The molecule has 0 amide bonds. The minimum absolute atomic E-state index is 0.0672. The third-order valence-electron chi connectivity index (χ3n) is 5.88. The SMILES string of the molecule is CCC1=C(CC)C2(c3ccccc3)C(CC)=C(CC)C(=O)C2C1=O. The van der Waals surface area contributed by atoms with Crippen molar-refractivity contribution in [3.63, 3.8) is 0 Å². The maximum atomic E-state index is 13.2. The molecule has 0 aromatic heterocycles. The van der Waals surface area contributed by atoms with Crippen molar-refractivity contribution >= 4 is 11.6 Å². The molecule has 0 N–H and O–H groups in total. The van der Waals surface area contributed by atoms with E-state index in [0.29, 0.717) is 12.8 Å². The molecule has 0 saturated heterocycles. The van der Waals surface area contributed by atoms with Crippen LogP contribution in [0.1, 0.15) is 58.9 Å². The number of ketones is 2. The molecule has 2 aliphatic rings. The van der Waals surface area contributed by atoms with E-state index >= 15 is 0 Å². The zero-order chi connectivity index (χ0) is 17.5. The Morgan fingerprint density at radius 1 is 0.750 bits per heavy atom. The Labute approximate surface area is 144 Å². The van der Waals surface area contributed by atoms with Gasteiger partial charge in [0.1, 0.15) is 5.92 Å². The topological polar surface area (TPSA) is 34.1 Å². The fourth-order valence-corrected chi connectivity index (χ4v) is 5.14. The molecule has 2 aliphatic carbocycles. The quantitative estimate of drug-likeness (QED) is 0.720. The van der Waals surface area contributed by atoms with Gasteiger partial charge in [-0.15, -0.1) is 0 Å². The lowest BCUT2D eigenvalue weighted by Crippen LogP contribution is -2.37. The third-order valence-corrected chi connectivity index (χ3v) is 5.88. The molecule has 0 fully saturated rings. The summed E-state index contributed by atoms with van der Waals surface area (Å²) >= 11 is 0. The highest BCUT2D eigenvalue weighted by Crippen LogP contribution is 2.60. The fraction of sp³-hybridized carbons (Fsp3) is 0.455. The Hall–Kier alpha value is -1.96. The van der Waals surface area contributed by atoms with Crippen LogP contribution in [0.2, 0.25) is 0 Å². The smallest absolute Gasteiger partial charge is 0.171 e. The van der Waals surface area contributed by atoms with Crippen molar-refractivity contribution in [2.45, 2.75) is 58.8 Å². The lowest BCUT2D eigenvalue weighted by atomic mass is 9.65. The molecule has 2 heteroatoms. The van der Waals surface area contributed by atoms with Crippen LogP contribution in [0.3, 0.4) is 0 Å². The van der Waals surface area contributed by atoms with E-state index in [-0.39, 0.29) is 11.6 Å². The summed E-state index contributed by atoms with van der Waals surface area (Å²) in [6, 6.07) is 10.2. The fourth-order valence-electron chi connectivity index (χ4n) is 5.14. The minimum Gasteiger partial charge on any atom is -0.294 e. The first-order valence-electron chi connectivity index (χ1n) is 9.18. The first-order chi connectivity index (χ1) is 11.6. The van der Waals surface area contributed by atoms with Gasteiger partial charge in [0, 0.05) is 0 Å². The van der Waals surface area contributed by atoms with Crippen molar-refractivity contribution in [2.75, 3.05) is 0 Å². The molecule has 0 spiro atoms. The molecule has 0 saturated carbocycles. The summed E-state index contributed by atoms with van der Waals surface area (Å²) in [6.07, 6.45) is 3.04. The standard InChI is InChI=1S/C22H26O2/c1-5-15-17(7-3)22(14-12-10-9-11-13-14)18(8-4)16(6-2)21(24)19(22)20(15)23/h9-13,19H,5-8H2,1-4H3. The molecule has 1 aromatic carbocycles. The third kappa shape index (κ3) is 1.89. The van der Waals surface area contributed by atoms with Gasteiger partial charge in [-0.25, -0.2) is 0 Å². The summed E-state index contributed by atoms with van der Waals surface area (Å²) in [7, 11) is 0. The van der Waals surface area contributed by atoms with Crippen molar-refractivity contribution in [3.8, 4) is 0 Å². The number of carbonyl (C=O) groups excluding carboxylic acids is 2. The Kier molecular flexibility index (Phi) is 4.33. The molecular formula is C22H26O2. The molecule has 3 rings (SSSR count). The van der Waals surface area contributed by atoms with Crippen LogP contribution in [0.5, 0.6) is 0 Å². The van der Waals surface area contributed by atoms with Gasteiger partial charge in [-0.3, -0.25) is 9.59 Å². The van der Waals surface area contributed by atoms with E-state index in [2.05, 4.69) is 26.0 Å². The van der Waals surface area contributed by atoms with Crippen molar-refractivity contribution in [2.24, 2.45) is 5.92 Å². The first-order valence-corrected chi connectivity index (χ1v) is 9.18. The van der Waals surface area contributed by atoms with Crippen LogP contribution in [-0.2, 0) is 15.0 Å². The van der Waals surface area contributed by atoms with Gasteiger partial charge in [0.2, 0.25) is 0 Å². The average Bonchev–Trinajstić information content (AvgIpc) is 3.02. The number of rotatable bonds is 5. The number of benzene rings is 1. The number of hydrogen-bond donors (Lipinski definition) is 0. The number of fused-ring (bicyclic) bond motifs is 1. The zero-order valence-corrected chi connectivity index (χ0v) is 15.1. The predicted octanol–water partition coefficient (Wildman–Crippen LogP) is 4.94. The van der Waals surface area contributed by atoms with Crippen LogP contribution in [-0.4, -0.2) is 11.6 Å². The van der Waals surface area contributed by atoms with Crippen LogP contribution in [0.15, 0.2) is 52.6 Å². The molecule has 0 radical (unpaired) electrons. The summed E-state index contributed by atoms with van der Waals surface area (Å²) < 4.78 is 0. The normalized spacial score (nSPS) is 26.6. The summed E-state index contributed by atoms with van der Waals surface area (Å²) in [5.74, 6) is -0.426. The highest BCUT2D eigenvalue weighted by atomic mass is 16.2. The second-order valence-electron chi connectivity index (χ2n) is 6.66. The van der Waals surface area contributed by atoms with Gasteiger partial charge in [-0.05, 0) is 53.5 Å². The Bertz CT molecular complexity index is 707. The molecule has 0 bridgehead atoms.